The highest BCUT2D eigenvalue weighted by Gasteiger charge is 2.18. The molecule has 1 saturated heterocycles. The second kappa shape index (κ2) is 6.51. The fourth-order valence-corrected chi connectivity index (χ4v) is 3.64. The third kappa shape index (κ3) is 3.59. The molecule has 0 radical (unpaired) electrons. The van der Waals surface area contributed by atoms with Crippen molar-refractivity contribution in [3.8, 4) is 0 Å². The molecule has 0 unspecified atom stereocenters. The van der Waals surface area contributed by atoms with Gasteiger partial charge in [0.05, 0.1) is 18.1 Å². The van der Waals surface area contributed by atoms with Gasteiger partial charge in [-0.3, -0.25) is 4.72 Å². The van der Waals surface area contributed by atoms with Crippen molar-refractivity contribution in [3.05, 3.63) is 42.0 Å². The van der Waals surface area contributed by atoms with Crippen LogP contribution in [0, 0.1) is 6.92 Å². The summed E-state index contributed by atoms with van der Waals surface area (Å²) in [6, 6.07) is 10.2. The lowest BCUT2D eigenvalue weighted by molar-refractivity contribution is 0.122. The maximum Gasteiger partial charge on any atom is 0.263 e. The predicted octanol–water partition coefficient (Wildman–Crippen LogP) is 1.42. The Hall–Kier alpha value is -2.19. The SMILES string of the molecule is Cc1ccccc1S(=O)(=O)Nc1ccc(N2CCOCC2)nn1. The van der Waals surface area contributed by atoms with Gasteiger partial charge in [-0.15, -0.1) is 10.2 Å². The van der Waals surface area contributed by atoms with Crippen molar-refractivity contribution in [2.45, 2.75) is 11.8 Å². The van der Waals surface area contributed by atoms with Crippen molar-refractivity contribution >= 4 is 21.7 Å². The lowest BCUT2D eigenvalue weighted by Crippen LogP contribution is -2.36. The summed E-state index contributed by atoms with van der Waals surface area (Å²) in [5.41, 5.74) is 0.679. The number of benzene rings is 1. The van der Waals surface area contributed by atoms with Gasteiger partial charge in [0.1, 0.15) is 0 Å². The Morgan fingerprint density at radius 1 is 1.09 bits per heavy atom. The number of anilines is 2. The largest absolute Gasteiger partial charge is 0.378 e. The van der Waals surface area contributed by atoms with Crippen molar-refractivity contribution in [2.24, 2.45) is 0 Å². The van der Waals surface area contributed by atoms with Crippen LogP contribution >= 0.6 is 0 Å². The van der Waals surface area contributed by atoms with Gasteiger partial charge < -0.3 is 9.64 Å². The van der Waals surface area contributed by atoms with E-state index >= 15 is 0 Å². The van der Waals surface area contributed by atoms with Gasteiger partial charge >= 0.3 is 0 Å². The molecule has 1 aliphatic rings. The first-order valence-corrected chi connectivity index (χ1v) is 8.79. The molecule has 1 aliphatic heterocycles. The number of rotatable bonds is 4. The second-order valence-corrected chi connectivity index (χ2v) is 6.90. The van der Waals surface area contributed by atoms with Gasteiger partial charge in [-0.05, 0) is 30.7 Å². The third-order valence-corrected chi connectivity index (χ3v) is 5.12. The minimum atomic E-state index is -3.67. The van der Waals surface area contributed by atoms with Gasteiger partial charge in [-0.2, -0.15) is 0 Å². The molecule has 0 atom stereocenters. The molecule has 8 heteroatoms. The Kier molecular flexibility index (Phi) is 4.44. The quantitative estimate of drug-likeness (QED) is 0.910. The molecule has 122 valence electrons. The molecule has 7 nitrogen and oxygen atoms in total. The summed E-state index contributed by atoms with van der Waals surface area (Å²) in [5, 5.41) is 8.07. The van der Waals surface area contributed by atoms with Crippen molar-refractivity contribution in [1.29, 1.82) is 0 Å². The van der Waals surface area contributed by atoms with Gasteiger partial charge in [-0.25, -0.2) is 8.42 Å². The molecule has 0 amide bonds. The molecular weight excluding hydrogens is 316 g/mol. The monoisotopic (exact) mass is 334 g/mol. The van der Waals surface area contributed by atoms with E-state index in [0.29, 0.717) is 24.6 Å². The van der Waals surface area contributed by atoms with Crippen LogP contribution in [-0.4, -0.2) is 44.9 Å². The molecule has 2 heterocycles. The van der Waals surface area contributed by atoms with Crippen LogP contribution in [0.4, 0.5) is 11.6 Å². The van der Waals surface area contributed by atoms with Crippen LogP contribution in [0.25, 0.3) is 0 Å². The molecule has 0 saturated carbocycles. The highest BCUT2D eigenvalue weighted by Crippen LogP contribution is 2.19. The number of aromatic nitrogens is 2. The maximum absolute atomic E-state index is 12.4. The summed E-state index contributed by atoms with van der Waals surface area (Å²) < 4.78 is 32.6. The standard InChI is InChI=1S/C15H18N4O3S/c1-12-4-2-3-5-13(12)23(20,21)18-14-6-7-15(17-16-14)19-8-10-22-11-9-19/h2-7H,8-11H2,1H3,(H,16,18). The first kappa shape index (κ1) is 15.7. The van der Waals surface area contributed by atoms with E-state index in [0.717, 1.165) is 13.1 Å². The first-order valence-electron chi connectivity index (χ1n) is 7.31. The Morgan fingerprint density at radius 2 is 1.83 bits per heavy atom. The molecule has 1 aromatic heterocycles. The highest BCUT2D eigenvalue weighted by atomic mass is 32.2. The summed E-state index contributed by atoms with van der Waals surface area (Å²) in [6.07, 6.45) is 0. The number of hydrogen-bond acceptors (Lipinski definition) is 6. The van der Waals surface area contributed by atoms with E-state index in [1.165, 1.54) is 0 Å². The van der Waals surface area contributed by atoms with Gasteiger partial charge in [0.15, 0.2) is 11.6 Å². The van der Waals surface area contributed by atoms with Crippen molar-refractivity contribution in [3.63, 3.8) is 0 Å². The molecule has 1 N–H and O–H groups in total. The fraction of sp³-hybridized carbons (Fsp3) is 0.333. The zero-order chi connectivity index (χ0) is 16.3. The number of aryl methyl sites for hydroxylation is 1. The normalized spacial score (nSPS) is 15.4. The lowest BCUT2D eigenvalue weighted by Gasteiger charge is -2.27. The fourth-order valence-electron chi connectivity index (χ4n) is 2.39. The van der Waals surface area contributed by atoms with E-state index in [2.05, 4.69) is 19.8 Å². The number of nitrogens with zero attached hydrogens (tertiary/aromatic N) is 3. The van der Waals surface area contributed by atoms with Gasteiger partial charge in [0.25, 0.3) is 10.0 Å². The van der Waals surface area contributed by atoms with E-state index in [4.69, 9.17) is 4.74 Å². The van der Waals surface area contributed by atoms with E-state index < -0.39 is 10.0 Å². The minimum Gasteiger partial charge on any atom is -0.378 e. The van der Waals surface area contributed by atoms with Crippen molar-refractivity contribution in [2.75, 3.05) is 35.9 Å². The van der Waals surface area contributed by atoms with Crippen LogP contribution in [0.2, 0.25) is 0 Å². The van der Waals surface area contributed by atoms with E-state index in [-0.39, 0.29) is 10.7 Å². The Bertz CT molecular complexity index is 772. The zero-order valence-electron chi connectivity index (χ0n) is 12.8. The molecule has 1 aromatic carbocycles. The lowest BCUT2D eigenvalue weighted by atomic mass is 10.2. The van der Waals surface area contributed by atoms with Gasteiger partial charge in [-0.1, -0.05) is 18.2 Å². The van der Waals surface area contributed by atoms with Crippen LogP contribution in [-0.2, 0) is 14.8 Å². The van der Waals surface area contributed by atoms with Crippen LogP contribution < -0.4 is 9.62 Å². The van der Waals surface area contributed by atoms with E-state index in [1.54, 1.807) is 43.3 Å². The summed E-state index contributed by atoms with van der Waals surface area (Å²) in [7, 11) is -3.67. The second-order valence-electron chi connectivity index (χ2n) is 5.25. The minimum absolute atomic E-state index is 0.199. The summed E-state index contributed by atoms with van der Waals surface area (Å²) >= 11 is 0. The van der Waals surface area contributed by atoms with Crippen LogP contribution in [0.15, 0.2) is 41.3 Å². The van der Waals surface area contributed by atoms with E-state index in [9.17, 15) is 8.42 Å². The summed E-state index contributed by atoms with van der Waals surface area (Å²) in [6.45, 7) is 4.57. The highest BCUT2D eigenvalue weighted by molar-refractivity contribution is 7.92. The Balaban J connectivity index is 1.76. The number of hydrogen-bond donors (Lipinski definition) is 1. The molecule has 0 bridgehead atoms. The summed E-state index contributed by atoms with van der Waals surface area (Å²) in [5.74, 6) is 0.914. The van der Waals surface area contributed by atoms with Gasteiger partial charge in [0, 0.05) is 13.1 Å². The Morgan fingerprint density at radius 3 is 2.48 bits per heavy atom. The van der Waals surface area contributed by atoms with Crippen molar-refractivity contribution in [1.82, 2.24) is 10.2 Å². The predicted molar refractivity (Wildman–Crippen MR) is 87.1 cm³/mol. The number of morpholine rings is 1. The number of nitrogens with one attached hydrogen (secondary N) is 1. The molecule has 0 aliphatic carbocycles. The van der Waals surface area contributed by atoms with Gasteiger partial charge in [0.2, 0.25) is 0 Å². The topological polar surface area (TPSA) is 84.4 Å². The zero-order valence-corrected chi connectivity index (χ0v) is 13.6. The van der Waals surface area contributed by atoms with Crippen molar-refractivity contribution < 1.29 is 13.2 Å². The van der Waals surface area contributed by atoms with Crippen LogP contribution in [0.3, 0.4) is 0 Å². The Labute approximate surface area is 135 Å². The van der Waals surface area contributed by atoms with Crippen LogP contribution in [0.1, 0.15) is 5.56 Å². The average molecular weight is 334 g/mol. The number of sulfonamides is 1. The molecule has 1 fully saturated rings. The molecule has 0 spiro atoms. The molecule has 23 heavy (non-hydrogen) atoms. The van der Waals surface area contributed by atoms with Crippen LogP contribution in [0.5, 0.6) is 0 Å². The number of ether oxygens (including phenoxy) is 1. The summed E-state index contributed by atoms with van der Waals surface area (Å²) in [4.78, 5) is 2.29. The first-order chi connectivity index (χ1) is 11.1. The molecule has 3 rings (SSSR count). The molecule has 2 aromatic rings. The smallest absolute Gasteiger partial charge is 0.263 e. The molecular formula is C15H18N4O3S. The van der Waals surface area contributed by atoms with E-state index in [1.807, 2.05) is 0 Å². The maximum atomic E-state index is 12.4. The average Bonchev–Trinajstić information content (AvgIpc) is 2.56. The third-order valence-electron chi connectivity index (χ3n) is 3.61.